The molecule has 5 heteroatoms. The zero-order valence-electron chi connectivity index (χ0n) is 12.2. The molecule has 0 aliphatic carbocycles. The van der Waals surface area contributed by atoms with Crippen LogP contribution in [-0.4, -0.2) is 21.5 Å². The molecule has 0 amide bonds. The number of rotatable bonds is 6. The van der Waals surface area contributed by atoms with Crippen LogP contribution in [0, 0.1) is 0 Å². The molecule has 1 heterocycles. The summed E-state index contributed by atoms with van der Waals surface area (Å²) in [7, 11) is 0. The number of allylic oxidation sites excluding steroid dienone is 1. The highest BCUT2D eigenvalue weighted by molar-refractivity contribution is 6.28. The van der Waals surface area contributed by atoms with Crippen LogP contribution >= 0.6 is 11.6 Å². The van der Waals surface area contributed by atoms with Crippen molar-refractivity contribution in [2.45, 2.75) is 52.1 Å². The van der Waals surface area contributed by atoms with E-state index in [9.17, 15) is 4.79 Å². The summed E-state index contributed by atoms with van der Waals surface area (Å²) in [4.78, 5) is 19.3. The largest absolute Gasteiger partial charge is 0.460 e. The Hall–Kier alpha value is -1.42. The van der Waals surface area contributed by atoms with Crippen LogP contribution in [-0.2, 0) is 9.53 Å². The van der Waals surface area contributed by atoms with Crippen molar-refractivity contribution >= 4 is 23.6 Å². The molecule has 0 atom stereocenters. The highest BCUT2D eigenvalue weighted by Crippen LogP contribution is 2.11. The molecule has 0 aliphatic heterocycles. The molecule has 110 valence electrons. The zero-order valence-corrected chi connectivity index (χ0v) is 13.0. The predicted molar refractivity (Wildman–Crippen MR) is 80.4 cm³/mol. The molecule has 0 saturated carbocycles. The molecule has 0 N–H and O–H groups in total. The quantitative estimate of drug-likeness (QED) is 0.451. The third-order valence-electron chi connectivity index (χ3n) is 2.37. The normalized spacial score (nSPS) is 11.8. The van der Waals surface area contributed by atoms with Gasteiger partial charge in [0.25, 0.3) is 0 Å². The number of carbonyl (C=O) groups is 1. The van der Waals surface area contributed by atoms with E-state index in [1.165, 1.54) is 0 Å². The summed E-state index contributed by atoms with van der Waals surface area (Å²) in [5.74, 6) is -0.132. The summed E-state index contributed by atoms with van der Waals surface area (Å²) in [5.41, 5.74) is 0.521. The van der Waals surface area contributed by atoms with Gasteiger partial charge in [0.05, 0.1) is 0 Å². The van der Waals surface area contributed by atoms with Crippen LogP contribution in [0.1, 0.15) is 52.0 Å². The van der Waals surface area contributed by atoms with Gasteiger partial charge in [0, 0.05) is 24.4 Å². The van der Waals surface area contributed by atoms with Gasteiger partial charge in [-0.1, -0.05) is 12.2 Å². The van der Waals surface area contributed by atoms with Crippen molar-refractivity contribution in [2.24, 2.45) is 0 Å². The molecule has 0 radical (unpaired) electrons. The molecular formula is C15H21ClN2O2. The van der Waals surface area contributed by atoms with Crippen molar-refractivity contribution in [3.8, 4) is 0 Å². The smallest absolute Gasteiger partial charge is 0.306 e. The Kier molecular flexibility index (Phi) is 6.65. The fraction of sp³-hybridized carbons (Fsp3) is 0.533. The first-order valence-corrected chi connectivity index (χ1v) is 7.10. The Morgan fingerprint density at radius 1 is 1.30 bits per heavy atom. The Balaban J connectivity index is 2.16. The Labute approximate surface area is 125 Å². The summed E-state index contributed by atoms with van der Waals surface area (Å²) in [6.45, 7) is 5.63. The van der Waals surface area contributed by atoms with Gasteiger partial charge in [0.15, 0.2) is 0 Å². The van der Waals surface area contributed by atoms with Gasteiger partial charge in [-0.25, -0.2) is 9.97 Å². The Bertz CT molecular complexity index is 450. The number of ether oxygens (including phenoxy) is 1. The minimum atomic E-state index is -0.397. The maximum absolute atomic E-state index is 11.5. The van der Waals surface area contributed by atoms with E-state index in [1.807, 2.05) is 32.9 Å². The summed E-state index contributed by atoms with van der Waals surface area (Å²) < 4.78 is 5.24. The van der Waals surface area contributed by atoms with E-state index in [1.54, 1.807) is 12.4 Å². The van der Waals surface area contributed by atoms with E-state index in [0.29, 0.717) is 6.42 Å². The number of aromatic nitrogens is 2. The van der Waals surface area contributed by atoms with Gasteiger partial charge >= 0.3 is 5.97 Å². The number of halogens is 1. The predicted octanol–water partition coefficient (Wildman–Crippen LogP) is 4.05. The average molecular weight is 297 g/mol. The minimum absolute atomic E-state index is 0.132. The molecule has 0 bridgehead atoms. The second-order valence-corrected chi connectivity index (χ2v) is 5.86. The molecule has 0 saturated heterocycles. The SMILES string of the molecule is CC(C)(C)OC(=O)CCCCC=Cc1cnc(Cl)nc1. The topological polar surface area (TPSA) is 52.1 Å². The average Bonchev–Trinajstić information content (AvgIpc) is 2.33. The molecule has 20 heavy (non-hydrogen) atoms. The maximum Gasteiger partial charge on any atom is 0.306 e. The van der Waals surface area contributed by atoms with E-state index in [-0.39, 0.29) is 11.3 Å². The van der Waals surface area contributed by atoms with Gasteiger partial charge in [0.2, 0.25) is 5.28 Å². The third kappa shape index (κ3) is 7.89. The molecule has 1 rings (SSSR count). The standard InChI is InChI=1S/C15H21ClN2O2/c1-15(2,3)20-13(19)9-7-5-4-6-8-12-10-17-14(16)18-11-12/h6,8,10-11H,4-5,7,9H2,1-3H3. The van der Waals surface area contributed by atoms with Gasteiger partial charge in [-0.3, -0.25) is 4.79 Å². The number of carbonyl (C=O) groups excluding carboxylic acids is 1. The fourth-order valence-electron chi connectivity index (χ4n) is 1.55. The highest BCUT2D eigenvalue weighted by atomic mass is 35.5. The van der Waals surface area contributed by atoms with Crippen LogP contribution < -0.4 is 0 Å². The van der Waals surface area contributed by atoms with Crippen molar-refractivity contribution in [2.75, 3.05) is 0 Å². The summed E-state index contributed by atoms with van der Waals surface area (Å²) in [5, 5.41) is 0.250. The van der Waals surface area contributed by atoms with Gasteiger partial charge in [-0.15, -0.1) is 0 Å². The Morgan fingerprint density at radius 2 is 1.95 bits per heavy atom. The molecule has 1 aromatic heterocycles. The van der Waals surface area contributed by atoms with E-state index in [4.69, 9.17) is 16.3 Å². The van der Waals surface area contributed by atoms with Crippen LogP contribution in [0.2, 0.25) is 5.28 Å². The molecule has 0 aliphatic rings. The number of esters is 1. The lowest BCUT2D eigenvalue weighted by Gasteiger charge is -2.19. The number of hydrogen-bond donors (Lipinski definition) is 0. The summed E-state index contributed by atoms with van der Waals surface area (Å²) in [6.07, 6.45) is 10.5. The highest BCUT2D eigenvalue weighted by Gasteiger charge is 2.15. The zero-order chi connectivity index (χ0) is 15.0. The lowest BCUT2D eigenvalue weighted by atomic mass is 10.1. The Morgan fingerprint density at radius 3 is 2.55 bits per heavy atom. The van der Waals surface area contributed by atoms with Crippen LogP contribution in [0.3, 0.4) is 0 Å². The lowest BCUT2D eigenvalue weighted by molar-refractivity contribution is -0.154. The number of hydrogen-bond acceptors (Lipinski definition) is 4. The molecule has 0 spiro atoms. The van der Waals surface area contributed by atoms with E-state index >= 15 is 0 Å². The van der Waals surface area contributed by atoms with Crippen molar-refractivity contribution in [1.82, 2.24) is 9.97 Å². The minimum Gasteiger partial charge on any atom is -0.460 e. The van der Waals surface area contributed by atoms with Crippen LogP contribution in [0.25, 0.3) is 6.08 Å². The number of nitrogens with zero attached hydrogens (tertiary/aromatic N) is 2. The van der Waals surface area contributed by atoms with Crippen LogP contribution in [0.15, 0.2) is 18.5 Å². The first kappa shape index (κ1) is 16.6. The second-order valence-electron chi connectivity index (χ2n) is 5.52. The molecule has 0 aromatic carbocycles. The molecular weight excluding hydrogens is 276 g/mol. The van der Waals surface area contributed by atoms with E-state index in [0.717, 1.165) is 24.8 Å². The van der Waals surface area contributed by atoms with Crippen molar-refractivity contribution in [1.29, 1.82) is 0 Å². The first-order valence-electron chi connectivity index (χ1n) is 6.73. The maximum atomic E-state index is 11.5. The van der Waals surface area contributed by atoms with Gasteiger partial charge < -0.3 is 4.74 Å². The van der Waals surface area contributed by atoms with Crippen LogP contribution in [0.5, 0.6) is 0 Å². The fourth-order valence-corrected chi connectivity index (χ4v) is 1.65. The molecule has 0 unspecified atom stereocenters. The molecule has 0 fully saturated rings. The van der Waals surface area contributed by atoms with Crippen molar-refractivity contribution in [3.63, 3.8) is 0 Å². The van der Waals surface area contributed by atoms with Crippen molar-refractivity contribution < 1.29 is 9.53 Å². The first-order chi connectivity index (χ1) is 9.37. The van der Waals surface area contributed by atoms with Gasteiger partial charge in [-0.2, -0.15) is 0 Å². The van der Waals surface area contributed by atoms with Gasteiger partial charge in [-0.05, 0) is 51.6 Å². The molecule has 4 nitrogen and oxygen atoms in total. The van der Waals surface area contributed by atoms with Crippen LogP contribution in [0.4, 0.5) is 0 Å². The summed E-state index contributed by atoms with van der Waals surface area (Å²) >= 11 is 5.60. The van der Waals surface area contributed by atoms with E-state index in [2.05, 4.69) is 9.97 Å². The number of unbranched alkanes of at least 4 members (excludes halogenated alkanes) is 2. The monoisotopic (exact) mass is 296 g/mol. The lowest BCUT2D eigenvalue weighted by Crippen LogP contribution is -2.23. The van der Waals surface area contributed by atoms with E-state index < -0.39 is 5.60 Å². The summed E-state index contributed by atoms with van der Waals surface area (Å²) in [6, 6.07) is 0. The second kappa shape index (κ2) is 8.00. The third-order valence-corrected chi connectivity index (χ3v) is 2.57. The molecule has 1 aromatic rings. The van der Waals surface area contributed by atoms with Gasteiger partial charge in [0.1, 0.15) is 5.60 Å². The van der Waals surface area contributed by atoms with Crippen molar-refractivity contribution in [3.05, 3.63) is 29.3 Å².